The number of carbonyl (C=O) groups excluding carboxylic acids is 1. The second-order valence-electron chi connectivity index (χ2n) is 5.47. The van der Waals surface area contributed by atoms with Crippen molar-refractivity contribution in [1.82, 2.24) is 10.6 Å². The summed E-state index contributed by atoms with van der Waals surface area (Å²) in [6, 6.07) is 5.80. The Morgan fingerprint density at radius 1 is 1.37 bits per heavy atom. The van der Waals surface area contributed by atoms with Gasteiger partial charge in [-0.25, -0.2) is 0 Å². The molecule has 0 aliphatic rings. The van der Waals surface area contributed by atoms with Crippen molar-refractivity contribution in [3.8, 4) is 0 Å². The van der Waals surface area contributed by atoms with Crippen LogP contribution in [0.15, 0.2) is 22.7 Å². The Morgan fingerprint density at radius 3 is 2.63 bits per heavy atom. The lowest BCUT2D eigenvalue weighted by Gasteiger charge is -2.20. The zero-order chi connectivity index (χ0) is 14.5. The molecule has 2 N–H and O–H groups in total. The van der Waals surface area contributed by atoms with Crippen molar-refractivity contribution in [2.45, 2.75) is 39.3 Å². The fraction of sp³-hybridized carbons (Fsp3) is 0.500. The van der Waals surface area contributed by atoms with Gasteiger partial charge in [-0.05, 0) is 54.4 Å². The average molecular weight is 348 g/mol. The van der Waals surface area contributed by atoms with Crippen LogP contribution in [-0.4, -0.2) is 18.0 Å². The second-order valence-corrected chi connectivity index (χ2v) is 6.73. The van der Waals surface area contributed by atoms with E-state index in [1.807, 2.05) is 39.0 Å². The van der Waals surface area contributed by atoms with Crippen LogP contribution in [0.4, 0.5) is 0 Å². The first-order chi connectivity index (χ1) is 8.78. The molecular weight excluding hydrogens is 328 g/mol. The third-order valence-corrected chi connectivity index (χ3v) is 3.57. The summed E-state index contributed by atoms with van der Waals surface area (Å²) in [5.41, 5.74) is 0.963. The van der Waals surface area contributed by atoms with E-state index in [4.69, 9.17) is 11.6 Å². The molecule has 0 spiro atoms. The normalized spacial score (nSPS) is 11.4. The summed E-state index contributed by atoms with van der Waals surface area (Å²) in [5.74, 6) is 0.0669. The highest BCUT2D eigenvalue weighted by molar-refractivity contribution is 9.10. The molecule has 3 nitrogen and oxygen atoms in total. The fourth-order valence-electron chi connectivity index (χ4n) is 1.56. The summed E-state index contributed by atoms with van der Waals surface area (Å²) in [6.07, 6.45) is 0.478. The van der Waals surface area contributed by atoms with Gasteiger partial charge in [0.2, 0.25) is 5.91 Å². The molecule has 1 aromatic carbocycles. The lowest BCUT2D eigenvalue weighted by molar-refractivity contribution is -0.122. The highest BCUT2D eigenvalue weighted by atomic mass is 79.9. The smallest absolute Gasteiger partial charge is 0.221 e. The number of halogens is 2. The van der Waals surface area contributed by atoms with Crippen molar-refractivity contribution in [2.24, 2.45) is 0 Å². The Labute approximate surface area is 128 Å². The number of hydrogen-bond acceptors (Lipinski definition) is 2. The summed E-state index contributed by atoms with van der Waals surface area (Å²) in [5, 5.41) is 6.87. The first-order valence-corrected chi connectivity index (χ1v) is 7.41. The number of benzene rings is 1. The number of amides is 1. The van der Waals surface area contributed by atoms with Crippen LogP contribution in [0.5, 0.6) is 0 Å². The van der Waals surface area contributed by atoms with Gasteiger partial charge in [-0.2, -0.15) is 0 Å². The molecule has 0 saturated heterocycles. The van der Waals surface area contributed by atoms with Crippen LogP contribution in [0.25, 0.3) is 0 Å². The fourth-order valence-corrected chi connectivity index (χ4v) is 2.11. The number of nitrogens with one attached hydrogen (secondary N) is 2. The predicted octanol–water partition coefficient (Wildman–Crippen LogP) is 3.50. The van der Waals surface area contributed by atoms with Crippen LogP contribution < -0.4 is 10.6 Å². The van der Waals surface area contributed by atoms with Gasteiger partial charge in [0.1, 0.15) is 0 Å². The van der Waals surface area contributed by atoms with Crippen molar-refractivity contribution in [2.75, 3.05) is 6.54 Å². The van der Waals surface area contributed by atoms with E-state index in [0.717, 1.165) is 16.6 Å². The van der Waals surface area contributed by atoms with Crippen LogP contribution in [0.1, 0.15) is 32.8 Å². The monoisotopic (exact) mass is 346 g/mol. The van der Waals surface area contributed by atoms with E-state index in [1.165, 1.54) is 0 Å². The highest BCUT2D eigenvalue weighted by Gasteiger charge is 2.12. The third-order valence-electron chi connectivity index (χ3n) is 2.36. The van der Waals surface area contributed by atoms with Crippen LogP contribution in [-0.2, 0) is 11.3 Å². The molecule has 1 aromatic rings. The Balaban J connectivity index is 2.27. The van der Waals surface area contributed by atoms with Crippen molar-refractivity contribution in [1.29, 1.82) is 0 Å². The molecular formula is C14H20BrClN2O. The van der Waals surface area contributed by atoms with Gasteiger partial charge in [0.25, 0.3) is 0 Å². The quantitative estimate of drug-likeness (QED) is 0.801. The van der Waals surface area contributed by atoms with E-state index >= 15 is 0 Å². The maximum Gasteiger partial charge on any atom is 0.221 e. The number of hydrogen-bond donors (Lipinski definition) is 2. The molecule has 0 fully saturated rings. The minimum Gasteiger partial charge on any atom is -0.351 e. The summed E-state index contributed by atoms with van der Waals surface area (Å²) in [7, 11) is 0. The molecule has 1 rings (SSSR count). The lowest BCUT2D eigenvalue weighted by atomic mass is 10.1. The summed E-state index contributed by atoms with van der Waals surface area (Å²) in [6.45, 7) is 7.30. The Hall–Kier alpha value is -0.580. The van der Waals surface area contributed by atoms with Crippen molar-refractivity contribution in [3.63, 3.8) is 0 Å². The second kappa shape index (κ2) is 7.27. The maximum absolute atomic E-state index is 11.6. The summed E-state index contributed by atoms with van der Waals surface area (Å²) >= 11 is 9.31. The Bertz CT molecular complexity index is 444. The van der Waals surface area contributed by atoms with Gasteiger partial charge < -0.3 is 10.6 Å². The maximum atomic E-state index is 11.6. The van der Waals surface area contributed by atoms with Crippen molar-refractivity contribution < 1.29 is 4.79 Å². The van der Waals surface area contributed by atoms with Gasteiger partial charge in [0, 0.05) is 29.5 Å². The van der Waals surface area contributed by atoms with Crippen LogP contribution in [0.2, 0.25) is 5.02 Å². The predicted molar refractivity (Wildman–Crippen MR) is 83.4 cm³/mol. The standard InChI is InChI=1S/C14H20BrClN2O/c1-14(2,3)18-13(19)6-7-17-9-10-4-5-12(16)11(15)8-10/h4-5,8,17H,6-7,9H2,1-3H3,(H,18,19). The van der Waals surface area contributed by atoms with Gasteiger partial charge in [-0.3, -0.25) is 4.79 Å². The average Bonchev–Trinajstić information content (AvgIpc) is 2.27. The molecule has 0 aliphatic heterocycles. The minimum atomic E-state index is -0.169. The van der Waals surface area contributed by atoms with Crippen molar-refractivity contribution >= 4 is 33.4 Å². The Kier molecular flexibility index (Phi) is 6.30. The van der Waals surface area contributed by atoms with Crippen molar-refractivity contribution in [3.05, 3.63) is 33.3 Å². The summed E-state index contributed by atoms with van der Waals surface area (Å²) < 4.78 is 0.888. The zero-order valence-electron chi connectivity index (χ0n) is 11.5. The third kappa shape index (κ3) is 6.95. The largest absolute Gasteiger partial charge is 0.351 e. The van der Waals surface area contributed by atoms with Gasteiger partial charge in [-0.15, -0.1) is 0 Å². The number of carbonyl (C=O) groups is 1. The van der Waals surface area contributed by atoms with Gasteiger partial charge in [0.05, 0.1) is 5.02 Å². The molecule has 0 atom stereocenters. The Morgan fingerprint density at radius 2 is 2.05 bits per heavy atom. The topological polar surface area (TPSA) is 41.1 Å². The van der Waals surface area contributed by atoms with Crippen LogP contribution in [0, 0.1) is 0 Å². The molecule has 0 saturated carbocycles. The molecule has 0 heterocycles. The summed E-state index contributed by atoms with van der Waals surface area (Å²) in [4.78, 5) is 11.6. The molecule has 0 unspecified atom stereocenters. The molecule has 0 radical (unpaired) electrons. The zero-order valence-corrected chi connectivity index (χ0v) is 13.9. The molecule has 1 amide bonds. The first-order valence-electron chi connectivity index (χ1n) is 6.23. The number of rotatable bonds is 5. The van der Waals surface area contributed by atoms with Gasteiger partial charge in [0.15, 0.2) is 0 Å². The molecule has 19 heavy (non-hydrogen) atoms. The van der Waals surface area contributed by atoms with E-state index in [1.54, 1.807) is 0 Å². The lowest BCUT2D eigenvalue weighted by Crippen LogP contribution is -2.41. The van der Waals surface area contributed by atoms with Crippen LogP contribution in [0.3, 0.4) is 0 Å². The molecule has 5 heteroatoms. The SMILES string of the molecule is CC(C)(C)NC(=O)CCNCc1ccc(Cl)c(Br)c1. The van der Waals surface area contributed by atoms with Crippen LogP contribution >= 0.6 is 27.5 Å². The van der Waals surface area contributed by atoms with E-state index in [0.29, 0.717) is 18.0 Å². The van der Waals surface area contributed by atoms with E-state index in [9.17, 15) is 4.79 Å². The molecule has 0 aromatic heterocycles. The van der Waals surface area contributed by atoms with Gasteiger partial charge in [-0.1, -0.05) is 17.7 Å². The van der Waals surface area contributed by atoms with Gasteiger partial charge >= 0.3 is 0 Å². The first kappa shape index (κ1) is 16.5. The minimum absolute atomic E-state index is 0.0669. The highest BCUT2D eigenvalue weighted by Crippen LogP contribution is 2.23. The van der Waals surface area contributed by atoms with E-state index in [-0.39, 0.29) is 11.4 Å². The van der Waals surface area contributed by atoms with E-state index in [2.05, 4.69) is 26.6 Å². The van der Waals surface area contributed by atoms with E-state index < -0.39 is 0 Å². The molecule has 106 valence electrons. The molecule has 0 aliphatic carbocycles. The molecule has 0 bridgehead atoms.